The predicted octanol–water partition coefficient (Wildman–Crippen LogP) is 2.54. The third-order valence-electron chi connectivity index (χ3n) is 3.93. The van der Waals surface area contributed by atoms with Crippen LogP contribution in [0.2, 0.25) is 0 Å². The molecule has 1 atom stereocenters. The van der Waals surface area contributed by atoms with Gasteiger partial charge >= 0.3 is 0 Å². The van der Waals surface area contributed by atoms with Crippen LogP contribution in [0.5, 0.6) is 0 Å². The molecule has 1 unspecified atom stereocenters. The average molecular weight is 240 g/mol. The van der Waals surface area contributed by atoms with Crippen molar-refractivity contribution in [3.63, 3.8) is 0 Å². The molecule has 0 aromatic rings. The SMILES string of the molecule is CC(N)C1CCCCC1.O=CN1CCCCC1. The summed E-state index contributed by atoms with van der Waals surface area (Å²) in [7, 11) is 0. The molecule has 100 valence electrons. The summed E-state index contributed by atoms with van der Waals surface area (Å²) in [6.07, 6.45) is 11.6. The van der Waals surface area contributed by atoms with Gasteiger partial charge in [-0.25, -0.2) is 0 Å². The maximum absolute atomic E-state index is 10.1. The number of likely N-dealkylation sites (tertiary alicyclic amines) is 1. The number of piperidine rings is 1. The lowest BCUT2D eigenvalue weighted by molar-refractivity contribution is -0.118. The van der Waals surface area contributed by atoms with Crippen molar-refractivity contribution < 1.29 is 4.79 Å². The van der Waals surface area contributed by atoms with E-state index in [-0.39, 0.29) is 0 Å². The Balaban J connectivity index is 0.000000171. The Morgan fingerprint density at radius 1 is 1.06 bits per heavy atom. The Bertz CT molecular complexity index is 194. The average Bonchev–Trinajstić information content (AvgIpc) is 2.41. The van der Waals surface area contributed by atoms with E-state index in [2.05, 4.69) is 6.92 Å². The molecular formula is C14H28N2O. The van der Waals surface area contributed by atoms with Crippen LogP contribution in [0.1, 0.15) is 58.3 Å². The maximum Gasteiger partial charge on any atom is 0.209 e. The molecule has 2 N–H and O–H groups in total. The van der Waals surface area contributed by atoms with Crippen molar-refractivity contribution in [1.82, 2.24) is 4.90 Å². The van der Waals surface area contributed by atoms with Crippen LogP contribution in [0, 0.1) is 5.92 Å². The molecule has 3 heteroatoms. The molecule has 2 rings (SSSR count). The maximum atomic E-state index is 10.1. The standard InChI is InChI=1S/C8H17N.C6H11NO/c1-7(9)8-5-3-2-4-6-8;8-6-7-4-2-1-3-5-7/h7-8H,2-6,9H2,1H3;6H,1-5H2. The molecule has 1 saturated heterocycles. The van der Waals surface area contributed by atoms with Crippen LogP contribution >= 0.6 is 0 Å². The molecule has 3 nitrogen and oxygen atoms in total. The van der Waals surface area contributed by atoms with Gasteiger partial charge in [-0.15, -0.1) is 0 Å². The van der Waals surface area contributed by atoms with Crippen LogP contribution < -0.4 is 5.73 Å². The highest BCUT2D eigenvalue weighted by Gasteiger charge is 2.16. The molecule has 2 aliphatic rings. The zero-order valence-corrected chi connectivity index (χ0v) is 11.2. The number of hydrogen-bond acceptors (Lipinski definition) is 2. The molecule has 17 heavy (non-hydrogen) atoms. The van der Waals surface area contributed by atoms with Gasteiger partial charge in [-0.2, -0.15) is 0 Å². The van der Waals surface area contributed by atoms with E-state index in [9.17, 15) is 4.79 Å². The Morgan fingerprint density at radius 2 is 1.59 bits per heavy atom. The van der Waals surface area contributed by atoms with Gasteiger partial charge in [-0.05, 0) is 44.9 Å². The van der Waals surface area contributed by atoms with E-state index < -0.39 is 0 Å². The number of nitrogens with zero attached hydrogens (tertiary/aromatic N) is 1. The minimum Gasteiger partial charge on any atom is -0.345 e. The quantitative estimate of drug-likeness (QED) is 0.754. The third kappa shape index (κ3) is 6.06. The second kappa shape index (κ2) is 8.51. The first kappa shape index (κ1) is 14.5. The second-order valence-electron chi connectivity index (χ2n) is 5.46. The summed E-state index contributed by atoms with van der Waals surface area (Å²) in [5.41, 5.74) is 5.77. The van der Waals surface area contributed by atoms with Crippen LogP contribution in [0.3, 0.4) is 0 Å². The molecule has 1 saturated carbocycles. The van der Waals surface area contributed by atoms with Crippen LogP contribution in [0.4, 0.5) is 0 Å². The lowest BCUT2D eigenvalue weighted by Gasteiger charge is -2.24. The zero-order valence-electron chi connectivity index (χ0n) is 11.2. The number of carbonyl (C=O) groups is 1. The fraction of sp³-hybridized carbons (Fsp3) is 0.929. The molecule has 0 spiro atoms. The van der Waals surface area contributed by atoms with Crippen LogP contribution in [-0.2, 0) is 4.79 Å². The van der Waals surface area contributed by atoms with Crippen molar-refractivity contribution in [2.24, 2.45) is 11.7 Å². The number of nitrogens with two attached hydrogens (primary N) is 1. The highest BCUT2D eigenvalue weighted by atomic mass is 16.1. The van der Waals surface area contributed by atoms with E-state index in [1.165, 1.54) is 51.4 Å². The van der Waals surface area contributed by atoms with E-state index in [4.69, 9.17) is 5.73 Å². The normalized spacial score (nSPS) is 23.5. The van der Waals surface area contributed by atoms with Crippen LogP contribution in [0.15, 0.2) is 0 Å². The van der Waals surface area contributed by atoms with Crippen LogP contribution in [-0.4, -0.2) is 30.4 Å². The minimum absolute atomic E-state index is 0.435. The van der Waals surface area contributed by atoms with Crippen molar-refractivity contribution in [3.05, 3.63) is 0 Å². The molecule has 1 amide bonds. The molecule has 1 aliphatic heterocycles. The van der Waals surface area contributed by atoms with Gasteiger partial charge in [0, 0.05) is 19.1 Å². The lowest BCUT2D eigenvalue weighted by atomic mass is 9.85. The molecule has 0 aromatic heterocycles. The van der Waals surface area contributed by atoms with Gasteiger partial charge in [0.2, 0.25) is 6.41 Å². The van der Waals surface area contributed by atoms with Crippen molar-refractivity contribution in [3.8, 4) is 0 Å². The van der Waals surface area contributed by atoms with E-state index in [1.807, 2.05) is 4.90 Å². The van der Waals surface area contributed by atoms with Crippen LogP contribution in [0.25, 0.3) is 0 Å². The molecular weight excluding hydrogens is 212 g/mol. The van der Waals surface area contributed by atoms with Gasteiger partial charge in [-0.3, -0.25) is 4.79 Å². The molecule has 0 aromatic carbocycles. The number of carbonyl (C=O) groups excluding carboxylic acids is 1. The summed E-state index contributed by atoms with van der Waals surface area (Å²) in [4.78, 5) is 11.9. The van der Waals surface area contributed by atoms with Gasteiger partial charge in [0.1, 0.15) is 0 Å². The summed E-state index contributed by atoms with van der Waals surface area (Å²) in [6, 6.07) is 0.435. The highest BCUT2D eigenvalue weighted by molar-refractivity contribution is 5.46. The number of amides is 1. The molecule has 1 heterocycles. The third-order valence-corrected chi connectivity index (χ3v) is 3.93. The summed E-state index contributed by atoms with van der Waals surface area (Å²) >= 11 is 0. The Hall–Kier alpha value is -0.570. The van der Waals surface area contributed by atoms with Gasteiger partial charge in [0.15, 0.2) is 0 Å². The van der Waals surface area contributed by atoms with E-state index in [0.29, 0.717) is 6.04 Å². The summed E-state index contributed by atoms with van der Waals surface area (Å²) < 4.78 is 0. The topological polar surface area (TPSA) is 46.3 Å². The monoisotopic (exact) mass is 240 g/mol. The first-order valence-corrected chi connectivity index (χ1v) is 7.19. The fourth-order valence-corrected chi connectivity index (χ4v) is 2.68. The van der Waals surface area contributed by atoms with Crippen molar-refractivity contribution in [2.45, 2.75) is 64.3 Å². The van der Waals surface area contributed by atoms with E-state index in [0.717, 1.165) is 25.4 Å². The smallest absolute Gasteiger partial charge is 0.209 e. The van der Waals surface area contributed by atoms with Gasteiger partial charge in [0.05, 0.1) is 0 Å². The summed E-state index contributed by atoms with van der Waals surface area (Å²) in [6.45, 7) is 4.09. The van der Waals surface area contributed by atoms with Crippen molar-refractivity contribution >= 4 is 6.41 Å². The Morgan fingerprint density at radius 3 is 1.94 bits per heavy atom. The molecule has 0 bridgehead atoms. The minimum atomic E-state index is 0.435. The van der Waals surface area contributed by atoms with E-state index >= 15 is 0 Å². The van der Waals surface area contributed by atoms with E-state index in [1.54, 1.807) is 0 Å². The van der Waals surface area contributed by atoms with Gasteiger partial charge in [-0.1, -0.05) is 19.3 Å². The van der Waals surface area contributed by atoms with Crippen molar-refractivity contribution in [1.29, 1.82) is 0 Å². The number of rotatable bonds is 2. The fourth-order valence-electron chi connectivity index (χ4n) is 2.68. The van der Waals surface area contributed by atoms with Crippen molar-refractivity contribution in [2.75, 3.05) is 13.1 Å². The lowest BCUT2D eigenvalue weighted by Crippen LogP contribution is -2.27. The Labute approximate surface area is 106 Å². The van der Waals surface area contributed by atoms with Gasteiger partial charge < -0.3 is 10.6 Å². The first-order chi connectivity index (χ1) is 8.24. The predicted molar refractivity (Wildman–Crippen MR) is 71.7 cm³/mol. The first-order valence-electron chi connectivity index (χ1n) is 7.19. The van der Waals surface area contributed by atoms with Gasteiger partial charge in [0.25, 0.3) is 0 Å². The molecule has 2 fully saturated rings. The summed E-state index contributed by atoms with van der Waals surface area (Å²) in [5.74, 6) is 0.832. The molecule has 0 radical (unpaired) electrons. The highest BCUT2D eigenvalue weighted by Crippen LogP contribution is 2.25. The Kier molecular flexibility index (Phi) is 7.25. The molecule has 1 aliphatic carbocycles. The number of hydrogen-bond donors (Lipinski definition) is 1. The largest absolute Gasteiger partial charge is 0.345 e. The summed E-state index contributed by atoms with van der Waals surface area (Å²) in [5, 5.41) is 0. The zero-order chi connectivity index (χ0) is 12.5. The second-order valence-corrected chi connectivity index (χ2v) is 5.46.